The van der Waals surface area contributed by atoms with Gasteiger partial charge in [-0.1, -0.05) is 69.3 Å². The van der Waals surface area contributed by atoms with Crippen molar-refractivity contribution in [1.82, 2.24) is 0 Å². The molecule has 0 saturated carbocycles. The average Bonchev–Trinajstić information content (AvgIpc) is 3.28. The van der Waals surface area contributed by atoms with E-state index >= 15 is 0 Å². The number of ether oxygens (including phenoxy) is 1. The number of hydrogen-bond acceptors (Lipinski definition) is 3. The number of fused-ring (bicyclic) bond motifs is 4. The van der Waals surface area contributed by atoms with Crippen molar-refractivity contribution in [3.63, 3.8) is 0 Å². The predicted molar refractivity (Wildman–Crippen MR) is 87.2 cm³/mol. The summed E-state index contributed by atoms with van der Waals surface area (Å²) in [6.45, 7) is 5.58. The van der Waals surface area contributed by atoms with Crippen LogP contribution in [0.25, 0.3) is 11.1 Å². The first kappa shape index (κ1) is 14.3. The summed E-state index contributed by atoms with van der Waals surface area (Å²) in [7, 11) is 0. The zero-order chi connectivity index (χ0) is 16.4. The second-order valence-corrected chi connectivity index (χ2v) is 7.27. The predicted octanol–water partition coefficient (Wildman–Crippen LogP) is 3.76. The average molecular weight is 306 g/mol. The van der Waals surface area contributed by atoms with E-state index in [0.29, 0.717) is 5.56 Å². The molecule has 1 spiro atoms. The Hall–Kier alpha value is -2.26. The van der Waals surface area contributed by atoms with Gasteiger partial charge in [-0.25, -0.2) is 0 Å². The summed E-state index contributed by atoms with van der Waals surface area (Å²) in [5.74, 6) is -0.130. The molecule has 3 heteroatoms. The van der Waals surface area contributed by atoms with Crippen LogP contribution in [0.4, 0.5) is 0 Å². The summed E-state index contributed by atoms with van der Waals surface area (Å²) in [6, 6.07) is 15.3. The third-order valence-corrected chi connectivity index (χ3v) is 4.72. The number of rotatable bonds is 1. The number of carbonyl (C=O) groups excluding carboxylic acids is 2. The van der Waals surface area contributed by atoms with Crippen LogP contribution < -0.4 is 0 Å². The minimum Gasteiger partial charge on any atom is -0.344 e. The minimum absolute atomic E-state index is 0.0277. The quantitative estimate of drug-likeness (QED) is 0.754. The molecule has 2 unspecified atom stereocenters. The van der Waals surface area contributed by atoms with Crippen molar-refractivity contribution < 1.29 is 14.3 Å². The van der Waals surface area contributed by atoms with Gasteiger partial charge in [-0.3, -0.25) is 9.59 Å². The third kappa shape index (κ3) is 1.80. The van der Waals surface area contributed by atoms with Gasteiger partial charge in [-0.15, -0.1) is 0 Å². The first-order valence-electron chi connectivity index (χ1n) is 7.83. The van der Waals surface area contributed by atoms with Crippen molar-refractivity contribution >= 4 is 11.6 Å². The number of hydrogen-bond donors (Lipinski definition) is 0. The van der Waals surface area contributed by atoms with Crippen LogP contribution in [0.5, 0.6) is 0 Å². The molecule has 2 atom stereocenters. The van der Waals surface area contributed by atoms with Gasteiger partial charge in [0.05, 0.1) is 0 Å². The topological polar surface area (TPSA) is 46.7 Å². The Labute approximate surface area is 135 Å². The minimum atomic E-state index is -1.13. The summed E-state index contributed by atoms with van der Waals surface area (Å²) in [6.07, 6.45) is -0.690. The second kappa shape index (κ2) is 4.39. The lowest BCUT2D eigenvalue weighted by atomic mass is 9.73. The van der Waals surface area contributed by atoms with Crippen LogP contribution in [0.1, 0.15) is 36.7 Å². The van der Waals surface area contributed by atoms with E-state index in [4.69, 9.17) is 4.74 Å². The second-order valence-electron chi connectivity index (χ2n) is 7.27. The van der Waals surface area contributed by atoms with E-state index in [1.165, 1.54) is 0 Å². The first-order chi connectivity index (χ1) is 10.9. The maximum atomic E-state index is 13.1. The van der Waals surface area contributed by atoms with Gasteiger partial charge in [0.2, 0.25) is 5.78 Å². The molecule has 23 heavy (non-hydrogen) atoms. The normalized spacial score (nSPS) is 25.0. The Bertz CT molecular complexity index is 844. The Kier molecular flexibility index (Phi) is 2.74. The molecule has 0 N–H and O–H groups in total. The van der Waals surface area contributed by atoms with Crippen molar-refractivity contribution in [2.75, 3.05) is 0 Å². The van der Waals surface area contributed by atoms with E-state index in [1.54, 1.807) is 0 Å². The Balaban J connectivity index is 1.92. The molecule has 0 amide bonds. The fourth-order valence-corrected chi connectivity index (χ4v) is 3.44. The van der Waals surface area contributed by atoms with Crippen molar-refractivity contribution in [2.45, 2.75) is 32.5 Å². The molecule has 4 rings (SSSR count). The molecule has 0 radical (unpaired) electrons. The highest BCUT2D eigenvalue weighted by molar-refractivity contribution is 6.17. The molecule has 2 aromatic carbocycles. The number of benzene rings is 2. The number of Topliss-reactive ketones (excluding diaryl/α,β-unsaturated/α-hetero) is 2. The number of ketones is 2. The smallest absolute Gasteiger partial charge is 0.203 e. The van der Waals surface area contributed by atoms with Crippen molar-refractivity contribution in [3.8, 4) is 11.1 Å². The molecule has 0 bridgehead atoms. The highest BCUT2D eigenvalue weighted by Gasteiger charge is 2.69. The fraction of sp³-hybridized carbons (Fsp3) is 0.300. The molecule has 2 aromatic rings. The third-order valence-electron chi connectivity index (χ3n) is 4.72. The molecule has 2 aliphatic rings. The SMILES string of the molecule is CC(C)(C)C(=O)C1OC12C(=O)c1ccccc1-c1ccccc12. The molecule has 1 saturated heterocycles. The Morgan fingerprint density at radius 1 is 0.957 bits per heavy atom. The first-order valence-corrected chi connectivity index (χ1v) is 7.83. The monoisotopic (exact) mass is 306 g/mol. The Morgan fingerprint density at radius 3 is 2.17 bits per heavy atom. The zero-order valence-electron chi connectivity index (χ0n) is 13.4. The van der Waals surface area contributed by atoms with Gasteiger partial charge in [-0.2, -0.15) is 0 Å². The van der Waals surface area contributed by atoms with E-state index in [2.05, 4.69) is 0 Å². The van der Waals surface area contributed by atoms with Crippen LogP contribution in [0.3, 0.4) is 0 Å². The van der Waals surface area contributed by atoms with Gasteiger partial charge in [0.1, 0.15) is 0 Å². The lowest BCUT2D eigenvalue weighted by Gasteiger charge is -2.25. The van der Waals surface area contributed by atoms with E-state index in [0.717, 1.165) is 16.7 Å². The lowest BCUT2D eigenvalue weighted by molar-refractivity contribution is -0.127. The molecule has 1 aliphatic carbocycles. The maximum Gasteiger partial charge on any atom is 0.203 e. The number of epoxide rings is 1. The van der Waals surface area contributed by atoms with Gasteiger partial charge >= 0.3 is 0 Å². The summed E-state index contributed by atoms with van der Waals surface area (Å²) in [5.41, 5.74) is 1.67. The molecule has 116 valence electrons. The molecule has 3 nitrogen and oxygen atoms in total. The van der Waals surface area contributed by atoms with Gasteiger partial charge in [0, 0.05) is 16.5 Å². The van der Waals surface area contributed by atoms with E-state index < -0.39 is 17.1 Å². The number of carbonyl (C=O) groups is 2. The van der Waals surface area contributed by atoms with E-state index in [9.17, 15) is 9.59 Å². The van der Waals surface area contributed by atoms with Crippen LogP contribution in [0.2, 0.25) is 0 Å². The molecular weight excluding hydrogens is 288 g/mol. The summed E-state index contributed by atoms with van der Waals surface area (Å²) in [4.78, 5) is 25.8. The van der Waals surface area contributed by atoms with Crippen LogP contribution in [0, 0.1) is 5.41 Å². The van der Waals surface area contributed by atoms with Crippen molar-refractivity contribution in [3.05, 3.63) is 59.7 Å². The van der Waals surface area contributed by atoms with E-state index in [1.807, 2.05) is 69.3 Å². The summed E-state index contributed by atoms with van der Waals surface area (Å²) >= 11 is 0. The standard InChI is InChI=1S/C20H18O3/c1-19(2,3)17(22)18-20(23-18)15-11-7-6-9-13(15)12-8-4-5-10-14(12)16(20)21/h4-11,18H,1-3H3. The highest BCUT2D eigenvalue weighted by atomic mass is 16.6. The molecule has 1 aliphatic heterocycles. The molecule has 1 heterocycles. The van der Waals surface area contributed by atoms with Gasteiger partial charge < -0.3 is 4.74 Å². The highest BCUT2D eigenvalue weighted by Crippen LogP contribution is 2.56. The molecular formula is C20H18O3. The van der Waals surface area contributed by atoms with Crippen molar-refractivity contribution in [1.29, 1.82) is 0 Å². The fourth-order valence-electron chi connectivity index (χ4n) is 3.44. The van der Waals surface area contributed by atoms with Gasteiger partial charge in [-0.05, 0) is 11.1 Å². The van der Waals surface area contributed by atoms with Crippen LogP contribution in [-0.4, -0.2) is 17.7 Å². The Morgan fingerprint density at radius 2 is 1.52 bits per heavy atom. The molecule has 0 aromatic heterocycles. The van der Waals surface area contributed by atoms with Gasteiger partial charge in [0.25, 0.3) is 0 Å². The largest absolute Gasteiger partial charge is 0.344 e. The zero-order valence-corrected chi connectivity index (χ0v) is 13.4. The molecule has 1 fully saturated rings. The van der Waals surface area contributed by atoms with Crippen LogP contribution >= 0.6 is 0 Å². The lowest BCUT2D eigenvalue weighted by Crippen LogP contribution is -2.36. The maximum absolute atomic E-state index is 13.1. The van der Waals surface area contributed by atoms with Crippen LogP contribution in [-0.2, 0) is 15.1 Å². The van der Waals surface area contributed by atoms with E-state index in [-0.39, 0.29) is 11.6 Å². The van der Waals surface area contributed by atoms with Crippen LogP contribution in [0.15, 0.2) is 48.5 Å². The summed E-state index contributed by atoms with van der Waals surface area (Å²) < 4.78 is 5.83. The summed E-state index contributed by atoms with van der Waals surface area (Å²) in [5, 5.41) is 0. The van der Waals surface area contributed by atoms with Crippen molar-refractivity contribution in [2.24, 2.45) is 5.41 Å². The van der Waals surface area contributed by atoms with Gasteiger partial charge in [0.15, 0.2) is 17.5 Å².